The average molecular weight is 283 g/mol. The SMILES string of the molecule is CCC(C)N1CCN(C(=O)c2ccnc(F)c2F)CC1. The van der Waals surface area contributed by atoms with Crippen LogP contribution in [0.2, 0.25) is 0 Å². The van der Waals surface area contributed by atoms with E-state index in [4.69, 9.17) is 0 Å². The first-order valence-corrected chi connectivity index (χ1v) is 6.88. The van der Waals surface area contributed by atoms with E-state index in [1.807, 2.05) is 0 Å². The largest absolute Gasteiger partial charge is 0.336 e. The Labute approximate surface area is 117 Å². The predicted molar refractivity (Wildman–Crippen MR) is 71.4 cm³/mol. The lowest BCUT2D eigenvalue weighted by Crippen LogP contribution is -2.51. The molecule has 0 aromatic carbocycles. The lowest BCUT2D eigenvalue weighted by atomic mass is 10.1. The molecule has 1 unspecified atom stereocenters. The van der Waals surface area contributed by atoms with E-state index in [9.17, 15) is 13.6 Å². The maximum atomic E-state index is 13.6. The number of hydrogen-bond donors (Lipinski definition) is 0. The van der Waals surface area contributed by atoms with Crippen LogP contribution in [0.5, 0.6) is 0 Å². The van der Waals surface area contributed by atoms with Crippen LogP contribution < -0.4 is 0 Å². The topological polar surface area (TPSA) is 36.4 Å². The Morgan fingerprint density at radius 1 is 1.35 bits per heavy atom. The summed E-state index contributed by atoms with van der Waals surface area (Å²) < 4.78 is 26.6. The van der Waals surface area contributed by atoms with E-state index in [1.54, 1.807) is 4.90 Å². The van der Waals surface area contributed by atoms with Crippen molar-refractivity contribution < 1.29 is 13.6 Å². The number of amides is 1. The van der Waals surface area contributed by atoms with Gasteiger partial charge in [-0.25, -0.2) is 9.37 Å². The minimum Gasteiger partial charge on any atom is -0.336 e. The van der Waals surface area contributed by atoms with Gasteiger partial charge in [0.1, 0.15) is 0 Å². The number of piperazine rings is 1. The molecule has 1 atom stereocenters. The summed E-state index contributed by atoms with van der Waals surface area (Å²) in [7, 11) is 0. The van der Waals surface area contributed by atoms with Gasteiger partial charge in [-0.2, -0.15) is 4.39 Å². The molecule has 2 rings (SSSR count). The number of nitrogens with zero attached hydrogens (tertiary/aromatic N) is 3. The summed E-state index contributed by atoms with van der Waals surface area (Å²) in [5.41, 5.74) is -0.241. The maximum absolute atomic E-state index is 13.6. The molecule has 20 heavy (non-hydrogen) atoms. The molecule has 1 fully saturated rings. The summed E-state index contributed by atoms with van der Waals surface area (Å²) in [5.74, 6) is -2.86. The van der Waals surface area contributed by atoms with E-state index in [1.165, 1.54) is 6.07 Å². The standard InChI is InChI=1S/C14H19F2N3O/c1-3-10(2)18-6-8-19(9-7-18)14(20)11-4-5-17-13(16)12(11)15/h4-5,10H,3,6-9H2,1-2H3. The minimum atomic E-state index is -1.23. The Morgan fingerprint density at radius 3 is 2.60 bits per heavy atom. The van der Waals surface area contributed by atoms with Crippen molar-refractivity contribution in [3.63, 3.8) is 0 Å². The minimum absolute atomic E-state index is 0.241. The molecule has 1 saturated heterocycles. The monoisotopic (exact) mass is 283 g/mol. The highest BCUT2D eigenvalue weighted by Crippen LogP contribution is 2.15. The molecule has 0 aliphatic carbocycles. The van der Waals surface area contributed by atoms with Gasteiger partial charge < -0.3 is 4.90 Å². The summed E-state index contributed by atoms with van der Waals surface area (Å²) >= 11 is 0. The van der Waals surface area contributed by atoms with Gasteiger partial charge in [0.15, 0.2) is 5.82 Å². The van der Waals surface area contributed by atoms with Crippen LogP contribution in [0.1, 0.15) is 30.6 Å². The molecule has 0 saturated carbocycles. The number of hydrogen-bond acceptors (Lipinski definition) is 3. The van der Waals surface area contributed by atoms with Crippen molar-refractivity contribution in [2.75, 3.05) is 26.2 Å². The molecule has 2 heterocycles. The molecule has 0 N–H and O–H groups in total. The average Bonchev–Trinajstić information content (AvgIpc) is 2.48. The fourth-order valence-electron chi connectivity index (χ4n) is 2.38. The third-order valence-corrected chi connectivity index (χ3v) is 3.89. The van der Waals surface area contributed by atoms with Crippen LogP contribution in [0.15, 0.2) is 12.3 Å². The van der Waals surface area contributed by atoms with Crippen LogP contribution in [0.4, 0.5) is 8.78 Å². The van der Waals surface area contributed by atoms with Crippen LogP contribution in [-0.2, 0) is 0 Å². The van der Waals surface area contributed by atoms with Gasteiger partial charge in [0, 0.05) is 38.4 Å². The fraction of sp³-hybridized carbons (Fsp3) is 0.571. The first-order chi connectivity index (χ1) is 9.54. The van der Waals surface area contributed by atoms with Crippen LogP contribution in [-0.4, -0.2) is 52.9 Å². The first kappa shape index (κ1) is 14.8. The van der Waals surface area contributed by atoms with E-state index in [0.717, 1.165) is 25.7 Å². The molecular weight excluding hydrogens is 264 g/mol. The number of rotatable bonds is 3. The Bertz CT molecular complexity index is 487. The van der Waals surface area contributed by atoms with Gasteiger partial charge in [-0.15, -0.1) is 0 Å². The second-order valence-corrected chi connectivity index (χ2v) is 5.05. The smallest absolute Gasteiger partial charge is 0.257 e. The number of pyridine rings is 1. The van der Waals surface area contributed by atoms with Crippen molar-refractivity contribution in [1.29, 1.82) is 0 Å². The molecule has 110 valence electrons. The van der Waals surface area contributed by atoms with Crippen molar-refractivity contribution in [2.45, 2.75) is 26.3 Å². The third kappa shape index (κ3) is 2.95. The van der Waals surface area contributed by atoms with E-state index < -0.39 is 17.7 Å². The van der Waals surface area contributed by atoms with Crippen LogP contribution in [0, 0.1) is 11.8 Å². The molecule has 0 spiro atoms. The van der Waals surface area contributed by atoms with Crippen molar-refractivity contribution in [3.05, 3.63) is 29.6 Å². The van der Waals surface area contributed by atoms with E-state index >= 15 is 0 Å². The number of carbonyl (C=O) groups excluding carboxylic acids is 1. The van der Waals surface area contributed by atoms with Gasteiger partial charge in [-0.05, 0) is 19.4 Å². The zero-order valence-electron chi connectivity index (χ0n) is 11.8. The molecule has 0 radical (unpaired) electrons. The highest BCUT2D eigenvalue weighted by atomic mass is 19.2. The molecule has 1 aromatic heterocycles. The highest BCUT2D eigenvalue weighted by molar-refractivity contribution is 5.94. The van der Waals surface area contributed by atoms with E-state index in [2.05, 4.69) is 23.7 Å². The van der Waals surface area contributed by atoms with Gasteiger partial charge >= 0.3 is 0 Å². The quantitative estimate of drug-likeness (QED) is 0.795. The summed E-state index contributed by atoms with van der Waals surface area (Å²) in [6.07, 6.45) is 2.17. The molecule has 0 bridgehead atoms. The Balaban J connectivity index is 2.03. The number of carbonyl (C=O) groups is 1. The molecule has 1 aliphatic rings. The normalized spacial score (nSPS) is 18.1. The molecule has 1 aromatic rings. The highest BCUT2D eigenvalue weighted by Gasteiger charge is 2.26. The third-order valence-electron chi connectivity index (χ3n) is 3.89. The van der Waals surface area contributed by atoms with Crippen molar-refractivity contribution in [1.82, 2.24) is 14.8 Å². The lowest BCUT2D eigenvalue weighted by molar-refractivity contribution is 0.0574. The maximum Gasteiger partial charge on any atom is 0.257 e. The summed E-state index contributed by atoms with van der Waals surface area (Å²) in [4.78, 5) is 19.2. The van der Waals surface area contributed by atoms with Gasteiger partial charge in [0.25, 0.3) is 5.91 Å². The van der Waals surface area contributed by atoms with Crippen molar-refractivity contribution >= 4 is 5.91 Å². The Kier molecular flexibility index (Phi) is 4.65. The molecule has 4 nitrogen and oxygen atoms in total. The van der Waals surface area contributed by atoms with E-state index in [0.29, 0.717) is 19.1 Å². The van der Waals surface area contributed by atoms with E-state index in [-0.39, 0.29) is 5.56 Å². The number of aromatic nitrogens is 1. The second-order valence-electron chi connectivity index (χ2n) is 5.05. The fourth-order valence-corrected chi connectivity index (χ4v) is 2.38. The van der Waals surface area contributed by atoms with Gasteiger partial charge in [-0.3, -0.25) is 9.69 Å². The molecule has 1 aliphatic heterocycles. The van der Waals surface area contributed by atoms with Crippen molar-refractivity contribution in [2.24, 2.45) is 0 Å². The van der Waals surface area contributed by atoms with Crippen molar-refractivity contribution in [3.8, 4) is 0 Å². The van der Waals surface area contributed by atoms with Gasteiger partial charge in [-0.1, -0.05) is 6.92 Å². The number of halogens is 2. The Morgan fingerprint density at radius 2 is 2.00 bits per heavy atom. The second kappa shape index (κ2) is 6.26. The van der Waals surface area contributed by atoms with Gasteiger partial charge in [0.2, 0.25) is 5.95 Å². The first-order valence-electron chi connectivity index (χ1n) is 6.88. The zero-order valence-corrected chi connectivity index (χ0v) is 11.8. The molecular formula is C14H19F2N3O. The van der Waals surface area contributed by atoms with Crippen LogP contribution in [0.25, 0.3) is 0 Å². The Hall–Kier alpha value is -1.56. The molecule has 6 heteroatoms. The molecule has 1 amide bonds. The summed E-state index contributed by atoms with van der Waals surface area (Å²) in [6.45, 7) is 6.86. The van der Waals surface area contributed by atoms with Crippen LogP contribution in [0.3, 0.4) is 0 Å². The van der Waals surface area contributed by atoms with Gasteiger partial charge in [0.05, 0.1) is 5.56 Å². The summed E-state index contributed by atoms with van der Waals surface area (Å²) in [5, 5.41) is 0. The zero-order chi connectivity index (χ0) is 14.7. The summed E-state index contributed by atoms with van der Waals surface area (Å²) in [6, 6.07) is 1.70. The predicted octanol–water partition coefficient (Wildman–Crippen LogP) is 1.92. The lowest BCUT2D eigenvalue weighted by Gasteiger charge is -2.37. The van der Waals surface area contributed by atoms with Crippen LogP contribution >= 0.6 is 0 Å².